The molecule has 0 bridgehead atoms. The van der Waals surface area contributed by atoms with Crippen LogP contribution in [0.3, 0.4) is 0 Å². The Balaban J connectivity index is 1.48. The SMILES string of the molecule is Cc1nc(-c2ccc(C(F)(F)F)cc2)sc1COc1ccc2sc(CC(=O)O)nc2c1. The fourth-order valence-corrected chi connectivity index (χ4v) is 4.81. The quantitative estimate of drug-likeness (QED) is 0.382. The number of carbonyl (C=O) groups is 1. The fourth-order valence-electron chi connectivity index (χ4n) is 2.89. The maximum absolute atomic E-state index is 12.7. The highest BCUT2D eigenvalue weighted by atomic mass is 32.1. The molecule has 4 rings (SSSR count). The standard InChI is InChI=1S/C21H15F3N2O3S2/c1-11-17(31-20(25-11)12-2-4-13(5-3-12)21(22,23)24)10-29-14-6-7-16-15(8-14)26-18(30-16)9-19(27)28/h2-8H,9-10H2,1H3,(H,27,28). The maximum atomic E-state index is 12.7. The predicted molar refractivity (Wildman–Crippen MR) is 113 cm³/mol. The van der Waals surface area contributed by atoms with E-state index in [0.29, 0.717) is 26.8 Å². The third kappa shape index (κ3) is 4.86. The van der Waals surface area contributed by atoms with Gasteiger partial charge in [-0.05, 0) is 31.2 Å². The lowest BCUT2D eigenvalue weighted by Crippen LogP contribution is -2.03. The summed E-state index contributed by atoms with van der Waals surface area (Å²) in [5, 5.41) is 10.1. The van der Waals surface area contributed by atoms with E-state index in [1.165, 1.54) is 34.8 Å². The van der Waals surface area contributed by atoms with Crippen molar-refractivity contribution in [3.63, 3.8) is 0 Å². The van der Waals surface area contributed by atoms with Crippen LogP contribution >= 0.6 is 22.7 Å². The molecule has 160 valence electrons. The second-order valence-corrected chi connectivity index (χ2v) is 8.90. The maximum Gasteiger partial charge on any atom is 0.416 e. The molecule has 2 heterocycles. The number of aliphatic carboxylic acids is 1. The average molecular weight is 464 g/mol. The summed E-state index contributed by atoms with van der Waals surface area (Å²) in [7, 11) is 0. The highest BCUT2D eigenvalue weighted by molar-refractivity contribution is 7.18. The van der Waals surface area contributed by atoms with E-state index >= 15 is 0 Å². The lowest BCUT2D eigenvalue weighted by molar-refractivity contribution is -0.138. The highest BCUT2D eigenvalue weighted by Crippen LogP contribution is 2.33. The van der Waals surface area contributed by atoms with Crippen molar-refractivity contribution < 1.29 is 27.8 Å². The molecule has 0 aliphatic carbocycles. The zero-order chi connectivity index (χ0) is 22.2. The van der Waals surface area contributed by atoms with Crippen LogP contribution in [0.2, 0.25) is 0 Å². The fraction of sp³-hybridized carbons (Fsp3) is 0.190. The van der Waals surface area contributed by atoms with E-state index in [-0.39, 0.29) is 13.0 Å². The minimum atomic E-state index is -4.37. The number of hydrogen-bond acceptors (Lipinski definition) is 6. The first-order chi connectivity index (χ1) is 14.7. The van der Waals surface area contributed by atoms with Gasteiger partial charge in [-0.25, -0.2) is 9.97 Å². The Morgan fingerprint density at radius 3 is 2.52 bits per heavy atom. The molecule has 10 heteroatoms. The highest BCUT2D eigenvalue weighted by Gasteiger charge is 2.30. The van der Waals surface area contributed by atoms with E-state index in [1.54, 1.807) is 12.1 Å². The zero-order valence-electron chi connectivity index (χ0n) is 16.1. The summed E-state index contributed by atoms with van der Waals surface area (Å²) in [5.74, 6) is -0.344. The number of aromatic nitrogens is 2. The van der Waals surface area contributed by atoms with E-state index in [1.807, 2.05) is 13.0 Å². The van der Waals surface area contributed by atoms with Crippen molar-refractivity contribution in [3.05, 3.63) is 63.6 Å². The van der Waals surface area contributed by atoms with Gasteiger partial charge in [-0.15, -0.1) is 22.7 Å². The van der Waals surface area contributed by atoms with E-state index in [4.69, 9.17) is 9.84 Å². The van der Waals surface area contributed by atoms with E-state index in [2.05, 4.69) is 9.97 Å². The molecular formula is C21H15F3N2O3S2. The molecule has 0 amide bonds. The van der Waals surface area contributed by atoms with Crippen molar-refractivity contribution in [2.24, 2.45) is 0 Å². The number of aryl methyl sites for hydroxylation is 1. The van der Waals surface area contributed by atoms with Crippen molar-refractivity contribution in [2.45, 2.75) is 26.1 Å². The molecule has 2 aromatic carbocycles. The molecule has 0 radical (unpaired) electrons. The number of carboxylic acids is 1. The summed E-state index contributed by atoms with van der Waals surface area (Å²) in [6.45, 7) is 2.08. The molecule has 1 N–H and O–H groups in total. The molecule has 0 saturated carbocycles. The number of thiazole rings is 2. The molecule has 0 saturated heterocycles. The number of ether oxygens (including phenoxy) is 1. The molecule has 2 aromatic heterocycles. The Kier molecular flexibility index (Phi) is 5.67. The number of hydrogen-bond donors (Lipinski definition) is 1. The zero-order valence-corrected chi connectivity index (χ0v) is 17.7. The van der Waals surface area contributed by atoms with Crippen LogP contribution in [0.4, 0.5) is 13.2 Å². The number of nitrogens with zero attached hydrogens (tertiary/aromatic N) is 2. The first kappa shape index (κ1) is 21.3. The smallest absolute Gasteiger partial charge is 0.416 e. The molecular weight excluding hydrogens is 449 g/mol. The Morgan fingerprint density at radius 1 is 1.10 bits per heavy atom. The Labute approximate surface area is 182 Å². The largest absolute Gasteiger partial charge is 0.488 e. The van der Waals surface area contributed by atoms with Gasteiger partial charge in [0.15, 0.2) is 0 Å². The summed E-state index contributed by atoms with van der Waals surface area (Å²) in [6.07, 6.45) is -4.49. The van der Waals surface area contributed by atoms with Crippen LogP contribution < -0.4 is 4.74 Å². The van der Waals surface area contributed by atoms with Gasteiger partial charge in [-0.3, -0.25) is 4.79 Å². The summed E-state index contributed by atoms with van der Waals surface area (Å²) >= 11 is 2.69. The topological polar surface area (TPSA) is 72.3 Å². The van der Waals surface area contributed by atoms with Gasteiger partial charge in [0.1, 0.15) is 22.4 Å². The summed E-state index contributed by atoms with van der Waals surface area (Å²) in [4.78, 5) is 20.5. The summed E-state index contributed by atoms with van der Waals surface area (Å²) in [6, 6.07) is 10.3. The first-order valence-electron chi connectivity index (χ1n) is 9.07. The monoisotopic (exact) mass is 464 g/mol. The van der Waals surface area contributed by atoms with E-state index in [0.717, 1.165) is 27.4 Å². The molecule has 0 aliphatic heterocycles. The number of benzene rings is 2. The number of rotatable bonds is 6. The van der Waals surface area contributed by atoms with Crippen LogP contribution in [-0.4, -0.2) is 21.0 Å². The molecule has 0 spiro atoms. The van der Waals surface area contributed by atoms with Crippen LogP contribution in [0.1, 0.15) is 21.1 Å². The van der Waals surface area contributed by atoms with Crippen LogP contribution in [0.15, 0.2) is 42.5 Å². The number of halogens is 3. The van der Waals surface area contributed by atoms with Gasteiger partial charge >= 0.3 is 12.1 Å². The minimum Gasteiger partial charge on any atom is -0.488 e. The van der Waals surface area contributed by atoms with Gasteiger partial charge in [-0.2, -0.15) is 13.2 Å². The van der Waals surface area contributed by atoms with Gasteiger partial charge in [-0.1, -0.05) is 12.1 Å². The first-order valence-corrected chi connectivity index (χ1v) is 10.7. The normalized spacial score (nSPS) is 11.7. The predicted octanol–water partition coefficient (Wildman–Crippen LogP) is 5.95. The third-order valence-electron chi connectivity index (χ3n) is 4.43. The van der Waals surface area contributed by atoms with Crippen LogP contribution in [-0.2, 0) is 24.0 Å². The van der Waals surface area contributed by atoms with Crippen LogP contribution in [0.25, 0.3) is 20.8 Å². The van der Waals surface area contributed by atoms with Gasteiger partial charge in [0.05, 0.1) is 32.8 Å². The molecule has 5 nitrogen and oxygen atoms in total. The third-order valence-corrected chi connectivity index (χ3v) is 6.64. The number of fused-ring (bicyclic) bond motifs is 1. The number of carboxylic acid groups (broad SMARTS) is 1. The average Bonchev–Trinajstić information content (AvgIpc) is 3.27. The van der Waals surface area contributed by atoms with Gasteiger partial charge < -0.3 is 9.84 Å². The molecule has 0 atom stereocenters. The second kappa shape index (κ2) is 8.27. The molecule has 4 aromatic rings. The number of alkyl halides is 3. The lowest BCUT2D eigenvalue weighted by Gasteiger charge is -2.06. The summed E-state index contributed by atoms with van der Waals surface area (Å²) < 4.78 is 45.0. The van der Waals surface area contributed by atoms with Crippen molar-refractivity contribution in [2.75, 3.05) is 0 Å². The minimum absolute atomic E-state index is 0.123. The molecule has 0 aliphatic rings. The molecule has 31 heavy (non-hydrogen) atoms. The molecule has 0 fully saturated rings. The van der Waals surface area contributed by atoms with Crippen molar-refractivity contribution in [1.29, 1.82) is 0 Å². The summed E-state index contributed by atoms with van der Waals surface area (Å²) in [5.41, 5.74) is 1.34. The molecule has 0 unspecified atom stereocenters. The van der Waals surface area contributed by atoms with Gasteiger partial charge in [0.2, 0.25) is 0 Å². The van der Waals surface area contributed by atoms with Gasteiger partial charge in [0, 0.05) is 11.6 Å². The van der Waals surface area contributed by atoms with Crippen molar-refractivity contribution in [3.8, 4) is 16.3 Å². The van der Waals surface area contributed by atoms with Crippen molar-refractivity contribution >= 4 is 38.9 Å². The van der Waals surface area contributed by atoms with Gasteiger partial charge in [0.25, 0.3) is 0 Å². The second-order valence-electron chi connectivity index (χ2n) is 6.70. The van der Waals surface area contributed by atoms with Crippen LogP contribution in [0, 0.1) is 6.92 Å². The van der Waals surface area contributed by atoms with Crippen LogP contribution in [0.5, 0.6) is 5.75 Å². The lowest BCUT2D eigenvalue weighted by atomic mass is 10.1. The Hall–Kier alpha value is -2.98. The Morgan fingerprint density at radius 2 is 1.84 bits per heavy atom. The van der Waals surface area contributed by atoms with Crippen molar-refractivity contribution in [1.82, 2.24) is 9.97 Å². The van der Waals surface area contributed by atoms with E-state index < -0.39 is 17.7 Å². The van der Waals surface area contributed by atoms with E-state index in [9.17, 15) is 18.0 Å². The Bertz CT molecular complexity index is 1250.